The Kier molecular flexibility index (Phi) is 4.81. The largest absolute Gasteiger partial charge is 0.480 e. The molecule has 1 amide bonds. The van der Waals surface area contributed by atoms with Crippen LogP contribution in [0.4, 0.5) is 0 Å². The fraction of sp³-hybridized carbons (Fsp3) is 0.353. The van der Waals surface area contributed by atoms with E-state index in [4.69, 9.17) is 4.74 Å². The summed E-state index contributed by atoms with van der Waals surface area (Å²) in [6.45, 7) is 1.34. The molecule has 0 spiro atoms. The number of fused-ring (bicyclic) bond motifs is 1. The molecular formula is C17H17BrN2O4S2. The van der Waals surface area contributed by atoms with Crippen molar-refractivity contribution in [2.24, 2.45) is 0 Å². The molecule has 2 aliphatic rings. The standard InChI is InChI=1S/C17H17BrN2O4S2/c18-15-5-6-16(25-15)26(22,23)20-9-7-19(8-10-20)17(21)14-11-12-3-1-2-4-13(12)24-14/h1-6,14H,7-11H2. The molecule has 1 aromatic carbocycles. The molecule has 0 saturated carbocycles. The highest BCUT2D eigenvalue weighted by molar-refractivity contribution is 9.11. The van der Waals surface area contributed by atoms with E-state index < -0.39 is 16.1 Å². The fourth-order valence-corrected chi connectivity index (χ4v) is 6.82. The van der Waals surface area contributed by atoms with E-state index in [1.807, 2.05) is 24.3 Å². The van der Waals surface area contributed by atoms with Crippen LogP contribution < -0.4 is 4.74 Å². The van der Waals surface area contributed by atoms with E-state index >= 15 is 0 Å². The molecule has 2 aliphatic heterocycles. The quantitative estimate of drug-likeness (QED) is 0.710. The molecular weight excluding hydrogens is 440 g/mol. The first-order chi connectivity index (χ1) is 12.4. The van der Waals surface area contributed by atoms with Crippen molar-refractivity contribution in [3.63, 3.8) is 0 Å². The summed E-state index contributed by atoms with van der Waals surface area (Å²) in [6.07, 6.45) is 0.0558. The van der Waals surface area contributed by atoms with Crippen molar-refractivity contribution < 1.29 is 17.9 Å². The molecule has 0 bridgehead atoms. The molecule has 2 aromatic rings. The number of rotatable bonds is 3. The van der Waals surface area contributed by atoms with Gasteiger partial charge < -0.3 is 9.64 Å². The molecule has 1 saturated heterocycles. The first kappa shape index (κ1) is 18.0. The summed E-state index contributed by atoms with van der Waals surface area (Å²) in [5.41, 5.74) is 1.04. The van der Waals surface area contributed by atoms with E-state index in [0.717, 1.165) is 15.1 Å². The summed E-state index contributed by atoms with van der Waals surface area (Å²) in [5.74, 6) is 0.687. The van der Waals surface area contributed by atoms with E-state index in [1.165, 1.54) is 15.6 Å². The van der Waals surface area contributed by atoms with Gasteiger partial charge in [0, 0.05) is 32.6 Å². The lowest BCUT2D eigenvalue weighted by molar-refractivity contribution is -0.139. The van der Waals surface area contributed by atoms with Crippen LogP contribution in [0.15, 0.2) is 44.4 Å². The number of benzene rings is 1. The van der Waals surface area contributed by atoms with Crippen molar-refractivity contribution >= 4 is 43.2 Å². The zero-order valence-electron chi connectivity index (χ0n) is 13.8. The normalized spacial score (nSPS) is 20.7. The summed E-state index contributed by atoms with van der Waals surface area (Å²) in [6, 6.07) is 11.0. The van der Waals surface area contributed by atoms with Crippen LogP contribution in [0.3, 0.4) is 0 Å². The Labute approximate surface area is 164 Å². The smallest absolute Gasteiger partial charge is 0.264 e. The van der Waals surface area contributed by atoms with Gasteiger partial charge in [-0.1, -0.05) is 18.2 Å². The maximum atomic E-state index is 12.7. The molecule has 9 heteroatoms. The van der Waals surface area contributed by atoms with Gasteiger partial charge in [-0.2, -0.15) is 4.31 Å². The lowest BCUT2D eigenvalue weighted by Gasteiger charge is -2.34. The number of hydrogen-bond donors (Lipinski definition) is 0. The number of halogens is 1. The molecule has 138 valence electrons. The third-order valence-electron chi connectivity index (χ3n) is 4.62. The Morgan fingerprint density at radius 2 is 1.85 bits per heavy atom. The number of ether oxygens (including phenoxy) is 1. The van der Waals surface area contributed by atoms with Gasteiger partial charge in [-0.25, -0.2) is 8.42 Å². The van der Waals surface area contributed by atoms with Crippen LogP contribution in [0.25, 0.3) is 0 Å². The van der Waals surface area contributed by atoms with Crippen LogP contribution in [0.5, 0.6) is 5.75 Å². The second kappa shape index (κ2) is 6.95. The predicted octanol–water partition coefficient (Wildman–Crippen LogP) is 2.35. The summed E-state index contributed by atoms with van der Waals surface area (Å²) in [7, 11) is -3.50. The number of carbonyl (C=O) groups excluding carboxylic acids is 1. The fourth-order valence-electron chi connectivity index (χ4n) is 3.24. The Balaban J connectivity index is 1.39. The zero-order chi connectivity index (χ0) is 18.3. The highest BCUT2D eigenvalue weighted by atomic mass is 79.9. The summed E-state index contributed by atoms with van der Waals surface area (Å²) in [5, 5.41) is 0. The Bertz CT molecular complexity index is 911. The van der Waals surface area contributed by atoms with Crippen LogP contribution in [0, 0.1) is 0 Å². The van der Waals surface area contributed by atoms with Gasteiger partial charge in [0.1, 0.15) is 9.96 Å². The SMILES string of the molecule is O=C(C1Cc2ccccc2O1)N1CCN(S(=O)(=O)c2ccc(Br)s2)CC1. The van der Waals surface area contributed by atoms with E-state index in [0.29, 0.717) is 36.8 Å². The molecule has 1 fully saturated rings. The van der Waals surface area contributed by atoms with E-state index in [1.54, 1.807) is 17.0 Å². The van der Waals surface area contributed by atoms with E-state index in [9.17, 15) is 13.2 Å². The van der Waals surface area contributed by atoms with Crippen molar-refractivity contribution in [3.8, 4) is 5.75 Å². The van der Waals surface area contributed by atoms with Gasteiger partial charge in [0.2, 0.25) is 0 Å². The maximum Gasteiger partial charge on any atom is 0.264 e. The molecule has 4 rings (SSSR count). The maximum absolute atomic E-state index is 12.7. The number of thiophene rings is 1. The van der Waals surface area contributed by atoms with Gasteiger partial charge >= 0.3 is 0 Å². The minimum Gasteiger partial charge on any atom is -0.480 e. The summed E-state index contributed by atoms with van der Waals surface area (Å²) in [4.78, 5) is 14.4. The number of hydrogen-bond acceptors (Lipinski definition) is 5. The highest BCUT2D eigenvalue weighted by Gasteiger charge is 2.36. The molecule has 1 atom stereocenters. The number of sulfonamides is 1. The molecule has 6 nitrogen and oxygen atoms in total. The minimum atomic E-state index is -3.50. The number of para-hydroxylation sites is 1. The van der Waals surface area contributed by atoms with Crippen LogP contribution in [0.2, 0.25) is 0 Å². The third kappa shape index (κ3) is 3.28. The van der Waals surface area contributed by atoms with Crippen LogP contribution in [0.1, 0.15) is 5.56 Å². The van der Waals surface area contributed by atoms with Crippen LogP contribution in [-0.4, -0.2) is 55.8 Å². The van der Waals surface area contributed by atoms with E-state index in [2.05, 4.69) is 15.9 Å². The Morgan fingerprint density at radius 3 is 2.50 bits per heavy atom. The second-order valence-electron chi connectivity index (χ2n) is 6.21. The molecule has 0 aliphatic carbocycles. The first-order valence-electron chi connectivity index (χ1n) is 8.24. The monoisotopic (exact) mass is 456 g/mol. The van der Waals surface area contributed by atoms with E-state index in [-0.39, 0.29) is 5.91 Å². The average Bonchev–Trinajstić information content (AvgIpc) is 3.27. The van der Waals surface area contributed by atoms with Gasteiger partial charge in [0.25, 0.3) is 15.9 Å². The lowest BCUT2D eigenvalue weighted by Crippen LogP contribution is -2.53. The molecule has 26 heavy (non-hydrogen) atoms. The van der Waals surface area contributed by atoms with Crippen molar-refractivity contribution in [2.75, 3.05) is 26.2 Å². The van der Waals surface area contributed by atoms with Gasteiger partial charge in [-0.15, -0.1) is 11.3 Å². The topological polar surface area (TPSA) is 66.9 Å². The minimum absolute atomic E-state index is 0.0721. The Morgan fingerprint density at radius 1 is 1.12 bits per heavy atom. The lowest BCUT2D eigenvalue weighted by atomic mass is 10.1. The predicted molar refractivity (Wildman–Crippen MR) is 102 cm³/mol. The molecule has 0 radical (unpaired) electrons. The second-order valence-corrected chi connectivity index (χ2v) is 10.8. The van der Waals surface area contributed by atoms with Crippen molar-refractivity contribution in [3.05, 3.63) is 45.7 Å². The number of carbonyl (C=O) groups is 1. The van der Waals surface area contributed by atoms with Crippen LogP contribution >= 0.6 is 27.3 Å². The highest BCUT2D eigenvalue weighted by Crippen LogP contribution is 2.31. The van der Waals surface area contributed by atoms with Crippen molar-refractivity contribution in [1.82, 2.24) is 9.21 Å². The molecule has 0 N–H and O–H groups in total. The number of nitrogens with zero attached hydrogens (tertiary/aromatic N) is 2. The van der Waals surface area contributed by atoms with Gasteiger partial charge in [-0.05, 0) is 39.7 Å². The van der Waals surface area contributed by atoms with Crippen LogP contribution in [-0.2, 0) is 21.2 Å². The van der Waals surface area contributed by atoms with Gasteiger partial charge in [0.15, 0.2) is 6.10 Å². The molecule has 1 aromatic heterocycles. The third-order valence-corrected chi connectivity index (χ3v) is 8.61. The summed E-state index contributed by atoms with van der Waals surface area (Å²) < 4.78 is 33.6. The Hall–Kier alpha value is -1.42. The zero-order valence-corrected chi connectivity index (χ0v) is 17.0. The molecule has 3 heterocycles. The van der Waals surface area contributed by atoms with Crippen molar-refractivity contribution in [1.29, 1.82) is 0 Å². The first-order valence-corrected chi connectivity index (χ1v) is 11.3. The summed E-state index contributed by atoms with van der Waals surface area (Å²) >= 11 is 4.49. The van der Waals surface area contributed by atoms with Gasteiger partial charge in [-0.3, -0.25) is 4.79 Å². The molecule has 1 unspecified atom stereocenters. The number of amides is 1. The van der Waals surface area contributed by atoms with Gasteiger partial charge in [0.05, 0.1) is 3.79 Å². The number of piperazine rings is 1. The average molecular weight is 457 g/mol. The van der Waals surface area contributed by atoms with Crippen molar-refractivity contribution in [2.45, 2.75) is 16.7 Å².